The van der Waals surface area contributed by atoms with E-state index < -0.39 is 6.17 Å². The molecule has 0 bridgehead atoms. The average molecular weight is 521 g/mol. The first-order chi connectivity index (χ1) is 18.3. The van der Waals surface area contributed by atoms with Crippen LogP contribution in [0.15, 0.2) is 63.6 Å². The second-order valence-electron chi connectivity index (χ2n) is 9.48. The summed E-state index contributed by atoms with van der Waals surface area (Å²) >= 11 is 0. The fraction of sp³-hybridized carbons (Fsp3) is 0.429. The Balaban J connectivity index is 1.86. The number of benzene rings is 2. The number of amides is 1. The lowest BCUT2D eigenvalue weighted by atomic mass is 9.99. The Morgan fingerprint density at radius 2 is 1.87 bits per heavy atom. The second-order valence-corrected chi connectivity index (χ2v) is 9.48. The highest BCUT2D eigenvalue weighted by Crippen LogP contribution is 2.32. The van der Waals surface area contributed by atoms with Gasteiger partial charge in [-0.25, -0.2) is 0 Å². The molecule has 0 radical (unpaired) electrons. The Labute approximate surface area is 223 Å². The van der Waals surface area contributed by atoms with E-state index in [1.54, 1.807) is 4.90 Å². The number of rotatable bonds is 12. The first kappa shape index (κ1) is 28.5. The summed E-state index contributed by atoms with van der Waals surface area (Å²) < 4.78 is 5.23. The quantitative estimate of drug-likeness (QED) is 0.0997. The van der Waals surface area contributed by atoms with Gasteiger partial charge in [-0.15, -0.1) is 5.11 Å². The van der Waals surface area contributed by atoms with Crippen LogP contribution < -0.4 is 11.2 Å². The molecular formula is C28H36N6O4. The number of anilines is 1. The number of fused-ring (bicyclic) bond motifs is 1. The van der Waals surface area contributed by atoms with Crippen LogP contribution in [0.1, 0.15) is 51.2 Å². The second kappa shape index (κ2) is 14.0. The van der Waals surface area contributed by atoms with Gasteiger partial charge in [-0.1, -0.05) is 53.7 Å². The topological polar surface area (TPSA) is 139 Å². The third-order valence-electron chi connectivity index (χ3n) is 6.06. The molecule has 3 N–H and O–H groups in total. The molecule has 0 aliphatic carbocycles. The maximum absolute atomic E-state index is 13.4. The molecule has 38 heavy (non-hydrogen) atoms. The van der Waals surface area contributed by atoms with E-state index in [1.807, 2.05) is 69.3 Å². The lowest BCUT2D eigenvalue weighted by Crippen LogP contribution is -2.35. The van der Waals surface area contributed by atoms with Crippen LogP contribution >= 0.6 is 0 Å². The molecule has 1 amide bonds. The maximum atomic E-state index is 13.4. The van der Waals surface area contributed by atoms with Gasteiger partial charge in [-0.3, -0.25) is 9.59 Å². The lowest BCUT2D eigenvalue weighted by Gasteiger charge is -2.23. The van der Waals surface area contributed by atoms with Crippen molar-refractivity contribution < 1.29 is 14.3 Å². The summed E-state index contributed by atoms with van der Waals surface area (Å²) in [6.07, 6.45) is 3.08. The molecule has 0 spiro atoms. The fourth-order valence-electron chi connectivity index (χ4n) is 4.37. The molecule has 10 nitrogen and oxygen atoms in total. The zero-order chi connectivity index (χ0) is 27.5. The van der Waals surface area contributed by atoms with Crippen molar-refractivity contribution in [2.75, 3.05) is 25.0 Å². The van der Waals surface area contributed by atoms with Crippen molar-refractivity contribution in [3.8, 4) is 11.1 Å². The zero-order valence-electron chi connectivity index (χ0n) is 22.2. The van der Waals surface area contributed by atoms with Crippen molar-refractivity contribution in [3.05, 3.63) is 64.1 Å². The van der Waals surface area contributed by atoms with E-state index in [4.69, 9.17) is 10.6 Å². The molecular weight excluding hydrogens is 484 g/mol. The fourth-order valence-corrected chi connectivity index (χ4v) is 4.37. The number of nitrogens with one attached hydrogen (secondary N) is 1. The van der Waals surface area contributed by atoms with Gasteiger partial charge in [0.05, 0.1) is 19.1 Å². The van der Waals surface area contributed by atoms with Crippen molar-refractivity contribution in [2.45, 2.75) is 58.7 Å². The highest BCUT2D eigenvalue weighted by atomic mass is 16.5. The molecule has 1 heterocycles. The molecule has 1 aliphatic heterocycles. The zero-order valence-corrected chi connectivity index (χ0v) is 22.2. The van der Waals surface area contributed by atoms with Gasteiger partial charge in [0.2, 0.25) is 5.91 Å². The SMILES string of the molecule is CCCN(CCCN=O)C(=O)C1=Cc2ccc(-c3ccc(CC(=O)OC(C)C)cc3)cc2NC(N=NN)C1. The molecule has 10 heteroatoms. The van der Waals surface area contributed by atoms with Gasteiger partial charge in [0, 0.05) is 30.8 Å². The Morgan fingerprint density at radius 1 is 1.13 bits per heavy atom. The number of hydrogen-bond acceptors (Lipinski definition) is 8. The summed E-state index contributed by atoms with van der Waals surface area (Å²) in [6, 6.07) is 13.7. The van der Waals surface area contributed by atoms with Crippen molar-refractivity contribution in [1.82, 2.24) is 4.90 Å². The molecule has 0 saturated heterocycles. The normalized spacial score (nSPS) is 14.8. The number of nitrogens with zero attached hydrogens (tertiary/aromatic N) is 4. The molecule has 0 fully saturated rings. The summed E-state index contributed by atoms with van der Waals surface area (Å²) in [4.78, 5) is 37.7. The van der Waals surface area contributed by atoms with Gasteiger partial charge in [-0.2, -0.15) is 4.91 Å². The number of carbonyl (C=O) groups excluding carboxylic acids is 2. The van der Waals surface area contributed by atoms with Crippen LogP contribution in [0.3, 0.4) is 0 Å². The minimum atomic E-state index is -0.513. The first-order valence-electron chi connectivity index (χ1n) is 12.9. The summed E-state index contributed by atoms with van der Waals surface area (Å²) in [5, 5.41) is 13.8. The molecule has 1 atom stereocenters. The summed E-state index contributed by atoms with van der Waals surface area (Å²) in [5.41, 5.74) is 5.07. The molecule has 0 saturated carbocycles. The van der Waals surface area contributed by atoms with E-state index in [2.05, 4.69) is 20.8 Å². The Morgan fingerprint density at radius 3 is 2.53 bits per heavy atom. The largest absolute Gasteiger partial charge is 0.463 e. The predicted molar refractivity (Wildman–Crippen MR) is 148 cm³/mol. The highest BCUT2D eigenvalue weighted by molar-refractivity contribution is 5.99. The van der Waals surface area contributed by atoms with Crippen LogP contribution in [-0.4, -0.2) is 48.7 Å². The van der Waals surface area contributed by atoms with Gasteiger partial charge >= 0.3 is 5.97 Å². The van der Waals surface area contributed by atoms with E-state index in [1.165, 1.54) is 0 Å². The molecule has 1 unspecified atom stereocenters. The van der Waals surface area contributed by atoms with Crippen LogP contribution in [0.2, 0.25) is 0 Å². The van der Waals surface area contributed by atoms with Crippen molar-refractivity contribution in [3.63, 3.8) is 0 Å². The monoisotopic (exact) mass is 520 g/mol. The van der Waals surface area contributed by atoms with E-state index >= 15 is 0 Å². The molecule has 0 aromatic heterocycles. The van der Waals surface area contributed by atoms with Gasteiger partial charge < -0.3 is 20.8 Å². The van der Waals surface area contributed by atoms with Crippen LogP contribution in [0.4, 0.5) is 5.69 Å². The Hall–Kier alpha value is -4.08. The number of carbonyl (C=O) groups is 2. The summed E-state index contributed by atoms with van der Waals surface area (Å²) in [6.45, 7) is 6.89. The van der Waals surface area contributed by atoms with Crippen LogP contribution in [0, 0.1) is 4.91 Å². The molecule has 1 aliphatic rings. The van der Waals surface area contributed by atoms with Gasteiger partial charge in [0.1, 0.15) is 6.17 Å². The first-order valence-corrected chi connectivity index (χ1v) is 12.9. The van der Waals surface area contributed by atoms with Crippen molar-refractivity contribution in [1.29, 1.82) is 0 Å². The lowest BCUT2D eigenvalue weighted by molar-refractivity contribution is -0.146. The minimum absolute atomic E-state index is 0.0970. The van der Waals surface area contributed by atoms with E-state index in [9.17, 15) is 14.5 Å². The predicted octanol–water partition coefficient (Wildman–Crippen LogP) is 5.09. The number of hydrogen-bond donors (Lipinski definition) is 2. The average Bonchev–Trinajstić information content (AvgIpc) is 3.06. The molecule has 3 rings (SSSR count). The number of ether oxygens (including phenoxy) is 1. The molecule has 2 aromatic rings. The highest BCUT2D eigenvalue weighted by Gasteiger charge is 2.25. The third-order valence-corrected chi connectivity index (χ3v) is 6.06. The Bertz CT molecular complexity index is 1180. The number of esters is 1. The van der Waals surface area contributed by atoms with Gasteiger partial charge in [0.25, 0.3) is 0 Å². The number of nitrogens with two attached hydrogens (primary N) is 1. The van der Waals surface area contributed by atoms with Gasteiger partial charge in [-0.05, 0) is 61.1 Å². The minimum Gasteiger partial charge on any atom is -0.463 e. The van der Waals surface area contributed by atoms with Crippen molar-refractivity contribution >= 4 is 23.6 Å². The molecule has 2 aromatic carbocycles. The van der Waals surface area contributed by atoms with Crippen molar-refractivity contribution in [2.24, 2.45) is 21.4 Å². The van der Waals surface area contributed by atoms with Crippen LogP contribution in [0.5, 0.6) is 0 Å². The van der Waals surface area contributed by atoms with E-state index in [0.29, 0.717) is 31.5 Å². The van der Waals surface area contributed by atoms with Crippen LogP contribution in [0.25, 0.3) is 17.2 Å². The molecule has 202 valence electrons. The Kier molecular flexibility index (Phi) is 10.5. The van der Waals surface area contributed by atoms with Gasteiger partial charge in [0.15, 0.2) is 0 Å². The van der Waals surface area contributed by atoms with Crippen LogP contribution in [-0.2, 0) is 20.7 Å². The smallest absolute Gasteiger partial charge is 0.310 e. The van der Waals surface area contributed by atoms with E-state index in [0.717, 1.165) is 34.4 Å². The van der Waals surface area contributed by atoms with E-state index in [-0.39, 0.29) is 30.9 Å². The summed E-state index contributed by atoms with van der Waals surface area (Å²) in [5.74, 6) is 5.02. The summed E-state index contributed by atoms with van der Waals surface area (Å²) in [7, 11) is 0. The third kappa shape index (κ3) is 7.96. The number of nitroso groups, excluding NO2 is 1. The maximum Gasteiger partial charge on any atom is 0.310 e. The standard InChI is InChI=1S/C28H36N6O4/c1-4-13-34(14-5-12-30-37)28(36)24-16-23-11-10-22(17-25(23)31-26(18-24)32-33-29)21-8-6-20(7-9-21)15-27(35)38-19(2)3/h6-11,16-17,19,26,31H,4-5,12-15,18H2,1-3H3,(H2,29,32).